The highest BCUT2D eigenvalue weighted by Crippen LogP contribution is 2.40. The van der Waals surface area contributed by atoms with Gasteiger partial charge < -0.3 is 0 Å². The Bertz CT molecular complexity index is 743. The van der Waals surface area contributed by atoms with Gasteiger partial charge in [-0.05, 0) is 39.8 Å². The number of hydrogen-bond donors (Lipinski definition) is 0. The Morgan fingerprint density at radius 1 is 0.684 bits per heavy atom. The van der Waals surface area contributed by atoms with Crippen LogP contribution in [0.4, 0.5) is 0 Å². The first-order valence-electron chi connectivity index (χ1n) is 6.69. The summed E-state index contributed by atoms with van der Waals surface area (Å²) in [6.07, 6.45) is 13.9. The number of benzene rings is 2. The predicted molar refractivity (Wildman–Crippen MR) is 81.9 cm³/mol. The zero-order chi connectivity index (χ0) is 12.7. The molecule has 2 aliphatic rings. The third-order valence-corrected chi connectivity index (χ3v) is 3.94. The highest BCUT2D eigenvalue weighted by Gasteiger charge is 2.20. The first-order chi connectivity index (χ1) is 9.43. The van der Waals surface area contributed by atoms with Gasteiger partial charge in [0.25, 0.3) is 0 Å². The molecule has 2 aliphatic carbocycles. The van der Waals surface area contributed by atoms with E-state index in [1.807, 2.05) is 0 Å². The van der Waals surface area contributed by atoms with Crippen molar-refractivity contribution in [2.75, 3.05) is 0 Å². The normalized spacial score (nSPS) is 19.6. The lowest BCUT2D eigenvalue weighted by molar-refractivity contribution is 1.25. The van der Waals surface area contributed by atoms with Gasteiger partial charge in [-0.3, -0.25) is 0 Å². The van der Waals surface area contributed by atoms with Gasteiger partial charge in [0, 0.05) is 0 Å². The minimum absolute atomic E-state index is 1.05. The van der Waals surface area contributed by atoms with Crippen molar-refractivity contribution in [2.24, 2.45) is 0 Å². The Morgan fingerprint density at radius 2 is 1.53 bits per heavy atom. The van der Waals surface area contributed by atoms with Crippen LogP contribution in [0.1, 0.15) is 22.3 Å². The molecule has 0 heteroatoms. The maximum Gasteiger partial charge on any atom is -0.000729 e. The van der Waals surface area contributed by atoms with E-state index in [2.05, 4.69) is 72.9 Å². The van der Waals surface area contributed by atoms with Crippen molar-refractivity contribution in [1.82, 2.24) is 0 Å². The topological polar surface area (TPSA) is 0 Å². The maximum absolute atomic E-state index is 2.27. The van der Waals surface area contributed by atoms with Crippen molar-refractivity contribution in [2.45, 2.75) is 6.42 Å². The number of rotatable bonds is 0. The maximum atomic E-state index is 2.27. The summed E-state index contributed by atoms with van der Waals surface area (Å²) in [6.45, 7) is 0. The molecule has 2 aromatic rings. The molecule has 0 saturated carbocycles. The van der Waals surface area contributed by atoms with Gasteiger partial charge in [0.2, 0.25) is 0 Å². The molecule has 4 rings (SSSR count). The fourth-order valence-electron chi connectivity index (χ4n) is 3.03. The van der Waals surface area contributed by atoms with Crippen LogP contribution in [0.2, 0.25) is 0 Å². The Labute approximate surface area is 113 Å². The average Bonchev–Trinajstić information content (AvgIpc) is 2.77. The number of hydrogen-bond acceptors (Lipinski definition) is 0. The third kappa shape index (κ3) is 1.61. The lowest BCUT2D eigenvalue weighted by atomic mass is 9.95. The summed E-state index contributed by atoms with van der Waals surface area (Å²) in [5, 5.41) is 0. The van der Waals surface area contributed by atoms with E-state index >= 15 is 0 Å². The van der Waals surface area contributed by atoms with Crippen LogP contribution in [0.5, 0.6) is 0 Å². The highest BCUT2D eigenvalue weighted by atomic mass is 14.2. The van der Waals surface area contributed by atoms with Crippen LogP contribution < -0.4 is 0 Å². The molecule has 0 fully saturated rings. The minimum Gasteiger partial charge on any atom is -0.0622 e. The third-order valence-electron chi connectivity index (χ3n) is 3.94. The molecule has 0 N–H and O–H groups in total. The highest BCUT2D eigenvalue weighted by molar-refractivity contribution is 5.84. The summed E-state index contributed by atoms with van der Waals surface area (Å²) in [6, 6.07) is 13.2. The molecule has 0 spiro atoms. The molecule has 90 valence electrons. The van der Waals surface area contributed by atoms with E-state index in [1.54, 1.807) is 0 Å². The number of fused-ring (bicyclic) bond motifs is 5. The first kappa shape index (κ1) is 10.6. The average molecular weight is 242 g/mol. The van der Waals surface area contributed by atoms with Gasteiger partial charge in [-0.1, -0.05) is 72.9 Å². The SMILES string of the molecule is C1=C\C=C/c2c(ccc3c2Cc2ccccc2-3)\C=C/1. The Hall–Kier alpha value is -2.34. The molecule has 0 heterocycles. The summed E-state index contributed by atoms with van der Waals surface area (Å²) in [5.41, 5.74) is 8.39. The van der Waals surface area contributed by atoms with E-state index in [0.717, 1.165) is 6.42 Å². The fourth-order valence-corrected chi connectivity index (χ4v) is 3.03. The molecular formula is C19H14. The van der Waals surface area contributed by atoms with Crippen LogP contribution in [0, 0.1) is 0 Å². The Morgan fingerprint density at radius 3 is 2.47 bits per heavy atom. The second kappa shape index (κ2) is 4.10. The van der Waals surface area contributed by atoms with E-state index in [0.29, 0.717) is 0 Å². The quantitative estimate of drug-likeness (QED) is 0.528. The van der Waals surface area contributed by atoms with Gasteiger partial charge in [-0.15, -0.1) is 0 Å². The van der Waals surface area contributed by atoms with Crippen LogP contribution in [-0.4, -0.2) is 0 Å². The van der Waals surface area contributed by atoms with Crippen molar-refractivity contribution in [3.05, 3.63) is 83.0 Å². The molecule has 0 saturated heterocycles. The minimum atomic E-state index is 1.05. The van der Waals surface area contributed by atoms with E-state index in [1.165, 1.54) is 33.4 Å². The standard InChI is InChI=1S/C19H14/c1-2-4-9-16-14(7-3-1)11-12-18-17-10-6-5-8-15(17)13-19(16)18/h1-12H,13H2/b2-1-,3-1?,4-2?,7-3-,9-4-,14-7?,16-9?. The second-order valence-electron chi connectivity index (χ2n) is 5.03. The first-order valence-corrected chi connectivity index (χ1v) is 6.69. The molecule has 0 amide bonds. The summed E-state index contributed by atoms with van der Waals surface area (Å²) in [5.74, 6) is 0. The molecule has 0 aromatic heterocycles. The van der Waals surface area contributed by atoms with Gasteiger partial charge in [-0.25, -0.2) is 0 Å². The van der Waals surface area contributed by atoms with Crippen LogP contribution in [0.25, 0.3) is 23.3 Å². The monoisotopic (exact) mass is 242 g/mol. The van der Waals surface area contributed by atoms with Crippen molar-refractivity contribution >= 4 is 12.2 Å². The molecular weight excluding hydrogens is 228 g/mol. The Balaban J connectivity index is 1.98. The van der Waals surface area contributed by atoms with Crippen LogP contribution >= 0.6 is 0 Å². The molecule has 0 aliphatic heterocycles. The summed E-state index contributed by atoms with van der Waals surface area (Å²) in [4.78, 5) is 0. The molecule has 0 unspecified atom stereocenters. The lowest BCUT2D eigenvalue weighted by Crippen LogP contribution is -1.91. The molecule has 0 radical (unpaired) electrons. The van der Waals surface area contributed by atoms with Gasteiger partial charge in [0.15, 0.2) is 0 Å². The van der Waals surface area contributed by atoms with Crippen LogP contribution in [0.15, 0.2) is 60.7 Å². The predicted octanol–water partition coefficient (Wildman–Crippen LogP) is 4.85. The van der Waals surface area contributed by atoms with Crippen LogP contribution in [0.3, 0.4) is 0 Å². The van der Waals surface area contributed by atoms with E-state index in [-0.39, 0.29) is 0 Å². The summed E-state index contributed by atoms with van der Waals surface area (Å²) < 4.78 is 0. The van der Waals surface area contributed by atoms with Crippen molar-refractivity contribution < 1.29 is 0 Å². The largest absolute Gasteiger partial charge is 0.0622 e. The summed E-state index contributed by atoms with van der Waals surface area (Å²) in [7, 11) is 0. The fraction of sp³-hybridized carbons (Fsp3) is 0.0526. The van der Waals surface area contributed by atoms with Crippen molar-refractivity contribution in [3.63, 3.8) is 0 Å². The van der Waals surface area contributed by atoms with Gasteiger partial charge in [-0.2, -0.15) is 0 Å². The number of allylic oxidation sites excluding steroid dienone is 4. The van der Waals surface area contributed by atoms with E-state index in [9.17, 15) is 0 Å². The molecule has 0 atom stereocenters. The van der Waals surface area contributed by atoms with E-state index in [4.69, 9.17) is 0 Å². The zero-order valence-corrected chi connectivity index (χ0v) is 10.6. The van der Waals surface area contributed by atoms with Crippen LogP contribution in [-0.2, 0) is 6.42 Å². The van der Waals surface area contributed by atoms with Crippen molar-refractivity contribution in [3.8, 4) is 11.1 Å². The second-order valence-corrected chi connectivity index (χ2v) is 5.03. The van der Waals surface area contributed by atoms with Gasteiger partial charge >= 0.3 is 0 Å². The smallest absolute Gasteiger partial charge is 0.000729 e. The van der Waals surface area contributed by atoms with Gasteiger partial charge in [0.05, 0.1) is 0 Å². The molecule has 2 aromatic carbocycles. The Kier molecular flexibility index (Phi) is 2.28. The lowest BCUT2D eigenvalue weighted by Gasteiger charge is -2.09. The van der Waals surface area contributed by atoms with Gasteiger partial charge in [0.1, 0.15) is 0 Å². The molecule has 0 nitrogen and oxygen atoms in total. The zero-order valence-electron chi connectivity index (χ0n) is 10.6. The van der Waals surface area contributed by atoms with Crippen molar-refractivity contribution in [1.29, 1.82) is 0 Å². The van der Waals surface area contributed by atoms with E-state index < -0.39 is 0 Å². The molecule has 0 bridgehead atoms. The molecule has 19 heavy (non-hydrogen) atoms. The summed E-state index contributed by atoms with van der Waals surface area (Å²) >= 11 is 0.